The maximum Gasteiger partial charge on any atom is 0.160 e. The van der Waals surface area contributed by atoms with E-state index in [9.17, 15) is 4.79 Å². The van der Waals surface area contributed by atoms with Gasteiger partial charge in [0.05, 0.1) is 11.6 Å². The number of hydrogen-bond acceptors (Lipinski definition) is 2. The normalized spacial score (nSPS) is 9.85. The number of halogens is 1. The molecule has 0 aliphatic carbocycles. The van der Waals surface area contributed by atoms with Gasteiger partial charge in [-0.25, -0.2) is 0 Å². The van der Waals surface area contributed by atoms with Crippen LogP contribution in [0.2, 0.25) is 0 Å². The molecule has 0 atom stereocenters. The molecule has 0 bridgehead atoms. The first-order valence-electron chi connectivity index (χ1n) is 3.92. The molecule has 0 aliphatic rings. The standard InChI is InChI=1S/C10H11BrO2/c1-6-8(7(2)12)4-5-9(13-3)10(6)11/h4-5H,1-3H3. The summed E-state index contributed by atoms with van der Waals surface area (Å²) < 4.78 is 5.95. The number of rotatable bonds is 2. The number of benzene rings is 1. The Hall–Kier alpha value is -0.830. The van der Waals surface area contributed by atoms with E-state index in [1.54, 1.807) is 26.2 Å². The number of Topliss-reactive ketones (excluding diaryl/α,β-unsaturated/α-hetero) is 1. The Bertz CT molecular complexity index is 345. The predicted molar refractivity (Wildman–Crippen MR) is 55.4 cm³/mol. The smallest absolute Gasteiger partial charge is 0.160 e. The van der Waals surface area contributed by atoms with Gasteiger partial charge in [0.25, 0.3) is 0 Å². The summed E-state index contributed by atoms with van der Waals surface area (Å²) in [6.07, 6.45) is 0. The van der Waals surface area contributed by atoms with Gasteiger partial charge in [-0.15, -0.1) is 0 Å². The van der Waals surface area contributed by atoms with Crippen molar-refractivity contribution in [2.75, 3.05) is 7.11 Å². The molecule has 1 aromatic carbocycles. The lowest BCUT2D eigenvalue weighted by molar-refractivity contribution is 0.101. The van der Waals surface area contributed by atoms with Crippen molar-refractivity contribution in [1.82, 2.24) is 0 Å². The molecule has 0 aliphatic heterocycles. The fourth-order valence-corrected chi connectivity index (χ4v) is 1.71. The summed E-state index contributed by atoms with van der Waals surface area (Å²) in [5.41, 5.74) is 1.65. The first kappa shape index (κ1) is 10.3. The predicted octanol–water partition coefficient (Wildman–Crippen LogP) is 2.97. The number of hydrogen-bond donors (Lipinski definition) is 0. The molecule has 70 valence electrons. The molecule has 2 nitrogen and oxygen atoms in total. The molecular formula is C10H11BrO2. The fourth-order valence-electron chi connectivity index (χ4n) is 1.20. The van der Waals surface area contributed by atoms with Crippen LogP contribution in [0.25, 0.3) is 0 Å². The Kier molecular flexibility index (Phi) is 3.09. The van der Waals surface area contributed by atoms with E-state index in [-0.39, 0.29) is 5.78 Å². The van der Waals surface area contributed by atoms with Crippen molar-refractivity contribution in [2.24, 2.45) is 0 Å². The van der Waals surface area contributed by atoms with Crippen molar-refractivity contribution < 1.29 is 9.53 Å². The second-order valence-electron chi connectivity index (χ2n) is 2.81. The van der Waals surface area contributed by atoms with E-state index < -0.39 is 0 Å². The quantitative estimate of drug-likeness (QED) is 0.746. The van der Waals surface area contributed by atoms with Gasteiger partial charge in [0, 0.05) is 5.56 Å². The minimum absolute atomic E-state index is 0.0702. The van der Waals surface area contributed by atoms with Crippen molar-refractivity contribution in [3.63, 3.8) is 0 Å². The molecule has 13 heavy (non-hydrogen) atoms. The Labute approximate surface area is 86.0 Å². The van der Waals surface area contributed by atoms with Crippen LogP contribution in [-0.4, -0.2) is 12.9 Å². The van der Waals surface area contributed by atoms with E-state index in [0.717, 1.165) is 21.3 Å². The van der Waals surface area contributed by atoms with Gasteiger partial charge in [0.15, 0.2) is 5.78 Å². The zero-order chi connectivity index (χ0) is 10.0. The lowest BCUT2D eigenvalue weighted by Gasteiger charge is -2.08. The van der Waals surface area contributed by atoms with Crippen LogP contribution in [0.3, 0.4) is 0 Å². The summed E-state index contributed by atoms with van der Waals surface area (Å²) in [7, 11) is 1.60. The first-order valence-corrected chi connectivity index (χ1v) is 4.71. The largest absolute Gasteiger partial charge is 0.496 e. The number of methoxy groups -OCH3 is 1. The summed E-state index contributed by atoms with van der Waals surface area (Å²) in [6, 6.07) is 3.56. The van der Waals surface area contributed by atoms with Crippen molar-refractivity contribution in [2.45, 2.75) is 13.8 Å². The number of carbonyl (C=O) groups excluding carboxylic acids is 1. The molecule has 0 aromatic heterocycles. The maximum atomic E-state index is 11.2. The fraction of sp³-hybridized carbons (Fsp3) is 0.300. The van der Waals surface area contributed by atoms with Gasteiger partial charge in [-0.1, -0.05) is 0 Å². The molecule has 0 radical (unpaired) electrons. The second kappa shape index (κ2) is 3.92. The summed E-state index contributed by atoms with van der Waals surface area (Å²) >= 11 is 3.38. The van der Waals surface area contributed by atoms with Crippen LogP contribution in [0, 0.1) is 6.92 Å². The summed E-state index contributed by atoms with van der Waals surface area (Å²) in [5, 5.41) is 0. The molecule has 0 saturated carbocycles. The van der Waals surface area contributed by atoms with Gasteiger partial charge >= 0.3 is 0 Å². The average molecular weight is 243 g/mol. The van der Waals surface area contributed by atoms with E-state index in [1.807, 2.05) is 6.92 Å². The van der Waals surface area contributed by atoms with E-state index in [0.29, 0.717) is 0 Å². The molecule has 0 N–H and O–H groups in total. The van der Waals surface area contributed by atoms with Crippen molar-refractivity contribution in [1.29, 1.82) is 0 Å². The van der Waals surface area contributed by atoms with Crippen LogP contribution < -0.4 is 4.74 Å². The van der Waals surface area contributed by atoms with Gasteiger partial charge in [0.1, 0.15) is 5.75 Å². The van der Waals surface area contributed by atoms with Crippen LogP contribution in [0.4, 0.5) is 0 Å². The van der Waals surface area contributed by atoms with Crippen molar-refractivity contribution in [3.05, 3.63) is 27.7 Å². The Morgan fingerprint density at radius 3 is 2.54 bits per heavy atom. The highest BCUT2D eigenvalue weighted by molar-refractivity contribution is 9.10. The van der Waals surface area contributed by atoms with Gasteiger partial charge < -0.3 is 4.74 Å². The third kappa shape index (κ3) is 1.91. The second-order valence-corrected chi connectivity index (χ2v) is 3.60. The number of carbonyl (C=O) groups is 1. The topological polar surface area (TPSA) is 26.3 Å². The molecule has 1 rings (SSSR count). The third-order valence-corrected chi connectivity index (χ3v) is 2.94. The highest BCUT2D eigenvalue weighted by Gasteiger charge is 2.10. The lowest BCUT2D eigenvalue weighted by atomic mass is 10.1. The minimum atomic E-state index is 0.0702. The molecule has 0 spiro atoms. The van der Waals surface area contributed by atoms with Crippen molar-refractivity contribution >= 4 is 21.7 Å². The molecule has 3 heteroatoms. The van der Waals surface area contributed by atoms with Gasteiger partial charge in [-0.05, 0) is 47.5 Å². The molecule has 0 fully saturated rings. The highest BCUT2D eigenvalue weighted by atomic mass is 79.9. The Balaban J connectivity index is 3.31. The number of ketones is 1. The molecule has 0 amide bonds. The number of ether oxygens (including phenoxy) is 1. The summed E-state index contributed by atoms with van der Waals surface area (Å²) in [4.78, 5) is 11.2. The molecular weight excluding hydrogens is 232 g/mol. The minimum Gasteiger partial charge on any atom is -0.496 e. The van der Waals surface area contributed by atoms with Crippen LogP contribution in [0.1, 0.15) is 22.8 Å². The van der Waals surface area contributed by atoms with Crippen LogP contribution >= 0.6 is 15.9 Å². The average Bonchev–Trinajstić information content (AvgIpc) is 2.09. The van der Waals surface area contributed by atoms with Gasteiger partial charge in [-0.3, -0.25) is 4.79 Å². The lowest BCUT2D eigenvalue weighted by Crippen LogP contribution is -1.98. The third-order valence-electron chi connectivity index (χ3n) is 1.95. The molecule has 0 heterocycles. The van der Waals surface area contributed by atoms with Crippen molar-refractivity contribution in [3.8, 4) is 5.75 Å². The first-order chi connectivity index (χ1) is 6.07. The van der Waals surface area contributed by atoms with Gasteiger partial charge in [0.2, 0.25) is 0 Å². The molecule has 0 unspecified atom stereocenters. The van der Waals surface area contributed by atoms with Crippen LogP contribution in [-0.2, 0) is 0 Å². The van der Waals surface area contributed by atoms with E-state index >= 15 is 0 Å². The molecule has 0 saturated heterocycles. The maximum absolute atomic E-state index is 11.2. The molecule has 1 aromatic rings. The zero-order valence-corrected chi connectivity index (χ0v) is 9.44. The zero-order valence-electron chi connectivity index (χ0n) is 7.85. The summed E-state index contributed by atoms with van der Waals surface area (Å²) in [5.74, 6) is 0.823. The van der Waals surface area contributed by atoms with Gasteiger partial charge in [-0.2, -0.15) is 0 Å². The van der Waals surface area contributed by atoms with E-state index in [2.05, 4.69) is 15.9 Å². The van der Waals surface area contributed by atoms with E-state index in [4.69, 9.17) is 4.74 Å². The summed E-state index contributed by atoms with van der Waals surface area (Å²) in [6.45, 7) is 3.45. The Morgan fingerprint density at radius 2 is 2.08 bits per heavy atom. The van der Waals surface area contributed by atoms with E-state index in [1.165, 1.54) is 0 Å². The monoisotopic (exact) mass is 242 g/mol. The van der Waals surface area contributed by atoms with Crippen LogP contribution in [0.5, 0.6) is 5.75 Å². The highest BCUT2D eigenvalue weighted by Crippen LogP contribution is 2.30. The van der Waals surface area contributed by atoms with Crippen LogP contribution in [0.15, 0.2) is 16.6 Å². The SMILES string of the molecule is COc1ccc(C(C)=O)c(C)c1Br. The Morgan fingerprint density at radius 1 is 1.46 bits per heavy atom.